The molecular formula is C12H14ClN5. The van der Waals surface area contributed by atoms with E-state index < -0.39 is 0 Å². The van der Waals surface area contributed by atoms with Gasteiger partial charge < -0.3 is 16.0 Å². The second-order valence-corrected chi connectivity index (χ2v) is 4.32. The van der Waals surface area contributed by atoms with Crippen LogP contribution in [0.25, 0.3) is 0 Å². The highest BCUT2D eigenvalue weighted by Crippen LogP contribution is 2.28. The van der Waals surface area contributed by atoms with Gasteiger partial charge in [0.15, 0.2) is 5.82 Å². The maximum absolute atomic E-state index is 5.80. The number of benzene rings is 1. The third-order valence-electron chi connectivity index (χ3n) is 2.43. The Morgan fingerprint density at radius 1 is 1.28 bits per heavy atom. The van der Waals surface area contributed by atoms with Crippen molar-refractivity contribution in [1.82, 2.24) is 9.97 Å². The van der Waals surface area contributed by atoms with Crippen LogP contribution >= 0.6 is 11.6 Å². The van der Waals surface area contributed by atoms with Gasteiger partial charge in [0, 0.05) is 14.1 Å². The number of nitrogens with zero attached hydrogens (tertiary/aromatic N) is 3. The van der Waals surface area contributed by atoms with Crippen molar-refractivity contribution in [3.63, 3.8) is 0 Å². The monoisotopic (exact) mass is 263 g/mol. The lowest BCUT2D eigenvalue weighted by atomic mass is 10.2. The molecule has 2 aromatic rings. The first-order valence-corrected chi connectivity index (χ1v) is 5.77. The summed E-state index contributed by atoms with van der Waals surface area (Å²) in [7, 11) is 3.94. The average molecular weight is 264 g/mol. The zero-order valence-electron chi connectivity index (χ0n) is 10.2. The molecule has 1 aromatic heterocycles. The Labute approximate surface area is 111 Å². The smallest absolute Gasteiger partial charge is 0.224 e. The van der Waals surface area contributed by atoms with Crippen LogP contribution in [0.1, 0.15) is 0 Å². The second kappa shape index (κ2) is 5.10. The molecule has 0 unspecified atom stereocenters. The van der Waals surface area contributed by atoms with E-state index in [1.807, 2.05) is 43.3 Å². The average Bonchev–Trinajstić information content (AvgIpc) is 2.34. The molecule has 0 amide bonds. The maximum Gasteiger partial charge on any atom is 0.224 e. The number of aromatic nitrogens is 2. The summed E-state index contributed by atoms with van der Waals surface area (Å²) in [5.41, 5.74) is 8.20. The van der Waals surface area contributed by atoms with Gasteiger partial charge in [0.25, 0.3) is 0 Å². The van der Waals surface area contributed by atoms with Gasteiger partial charge in [-0.05, 0) is 23.7 Å². The van der Waals surface area contributed by atoms with Crippen LogP contribution in [-0.2, 0) is 0 Å². The van der Waals surface area contributed by atoms with Gasteiger partial charge in [-0.3, -0.25) is 0 Å². The number of para-hydroxylation sites is 2. The fourth-order valence-corrected chi connectivity index (χ4v) is 1.70. The molecule has 0 bridgehead atoms. The first kappa shape index (κ1) is 12.4. The summed E-state index contributed by atoms with van der Waals surface area (Å²) in [5.74, 6) is 0.504. The van der Waals surface area contributed by atoms with Crippen molar-refractivity contribution in [2.24, 2.45) is 0 Å². The van der Waals surface area contributed by atoms with E-state index in [-0.39, 0.29) is 5.28 Å². The van der Waals surface area contributed by atoms with E-state index >= 15 is 0 Å². The molecule has 0 saturated heterocycles. The Bertz CT molecular complexity index is 556. The first-order chi connectivity index (χ1) is 8.58. The molecule has 94 valence electrons. The molecule has 18 heavy (non-hydrogen) atoms. The van der Waals surface area contributed by atoms with E-state index in [0.29, 0.717) is 11.5 Å². The van der Waals surface area contributed by atoms with Gasteiger partial charge in [-0.2, -0.15) is 4.98 Å². The van der Waals surface area contributed by atoms with E-state index in [0.717, 1.165) is 11.4 Å². The Balaban J connectivity index is 2.37. The summed E-state index contributed by atoms with van der Waals surface area (Å²) < 4.78 is 0. The van der Waals surface area contributed by atoms with E-state index in [9.17, 15) is 0 Å². The molecule has 1 heterocycles. The maximum atomic E-state index is 5.80. The second-order valence-electron chi connectivity index (χ2n) is 3.98. The van der Waals surface area contributed by atoms with Gasteiger partial charge in [-0.25, -0.2) is 4.98 Å². The van der Waals surface area contributed by atoms with Crippen molar-refractivity contribution in [2.45, 2.75) is 0 Å². The molecule has 0 aliphatic rings. The number of hydrogen-bond donors (Lipinski definition) is 2. The number of nitrogens with one attached hydrogen (secondary N) is 1. The largest absolute Gasteiger partial charge is 0.394 e. The molecule has 3 N–H and O–H groups in total. The summed E-state index contributed by atoms with van der Waals surface area (Å²) in [4.78, 5) is 9.89. The van der Waals surface area contributed by atoms with Crippen molar-refractivity contribution in [3.8, 4) is 0 Å². The number of rotatable bonds is 3. The fraction of sp³-hybridized carbons (Fsp3) is 0.167. The molecule has 1 aromatic carbocycles. The van der Waals surface area contributed by atoms with Gasteiger partial charge in [0.05, 0.1) is 23.3 Å². The summed E-state index contributed by atoms with van der Waals surface area (Å²) >= 11 is 5.76. The minimum Gasteiger partial charge on any atom is -0.394 e. The van der Waals surface area contributed by atoms with Gasteiger partial charge in [-0.1, -0.05) is 12.1 Å². The Kier molecular flexibility index (Phi) is 3.53. The minimum absolute atomic E-state index is 0.161. The highest BCUT2D eigenvalue weighted by atomic mass is 35.5. The van der Waals surface area contributed by atoms with Crippen LogP contribution < -0.4 is 16.0 Å². The molecule has 0 spiro atoms. The molecule has 0 fully saturated rings. The summed E-state index contributed by atoms with van der Waals surface area (Å²) in [6, 6.07) is 7.86. The van der Waals surface area contributed by atoms with Gasteiger partial charge >= 0.3 is 0 Å². The van der Waals surface area contributed by atoms with Crippen LogP contribution in [0.15, 0.2) is 30.5 Å². The summed E-state index contributed by atoms with van der Waals surface area (Å²) in [6.07, 6.45) is 1.48. The van der Waals surface area contributed by atoms with Crippen molar-refractivity contribution < 1.29 is 0 Å². The predicted octanol–water partition coefficient (Wildman–Crippen LogP) is 2.52. The van der Waals surface area contributed by atoms with Crippen molar-refractivity contribution in [1.29, 1.82) is 0 Å². The van der Waals surface area contributed by atoms with E-state index in [1.54, 1.807) is 0 Å². The van der Waals surface area contributed by atoms with Gasteiger partial charge in [0.1, 0.15) is 0 Å². The SMILES string of the molecule is CN(C)c1ccccc1Nc1nc(Cl)ncc1N. The lowest BCUT2D eigenvalue weighted by Crippen LogP contribution is -2.11. The number of halogens is 1. The summed E-state index contributed by atoms with van der Waals surface area (Å²) in [5, 5.41) is 3.32. The third kappa shape index (κ3) is 2.62. The lowest BCUT2D eigenvalue weighted by Gasteiger charge is -2.18. The number of anilines is 4. The van der Waals surface area contributed by atoms with Crippen LogP contribution in [0.2, 0.25) is 5.28 Å². The molecule has 6 heteroatoms. The molecule has 0 atom stereocenters. The third-order valence-corrected chi connectivity index (χ3v) is 2.61. The van der Waals surface area contributed by atoms with Gasteiger partial charge in [0.2, 0.25) is 5.28 Å². The van der Waals surface area contributed by atoms with Crippen LogP contribution in [0, 0.1) is 0 Å². The van der Waals surface area contributed by atoms with E-state index in [1.165, 1.54) is 6.20 Å². The van der Waals surface area contributed by atoms with Crippen LogP contribution in [-0.4, -0.2) is 24.1 Å². The zero-order valence-corrected chi connectivity index (χ0v) is 10.9. The Hall–Kier alpha value is -2.01. The molecule has 2 rings (SSSR count). The molecule has 5 nitrogen and oxygen atoms in total. The number of hydrogen-bond acceptors (Lipinski definition) is 5. The normalized spacial score (nSPS) is 10.2. The highest BCUT2D eigenvalue weighted by Gasteiger charge is 2.07. The first-order valence-electron chi connectivity index (χ1n) is 5.39. The molecule has 0 radical (unpaired) electrons. The molecule has 0 saturated carbocycles. The van der Waals surface area contributed by atoms with Crippen LogP contribution in [0.5, 0.6) is 0 Å². The van der Waals surface area contributed by atoms with Crippen molar-refractivity contribution in [2.75, 3.05) is 30.0 Å². The fourth-order valence-electron chi connectivity index (χ4n) is 1.57. The zero-order chi connectivity index (χ0) is 13.1. The standard InChI is InChI=1S/C12H14ClN5/c1-18(2)10-6-4-3-5-9(10)16-11-8(14)7-15-12(13)17-11/h3-7H,14H2,1-2H3,(H,15,16,17). The highest BCUT2D eigenvalue weighted by molar-refractivity contribution is 6.28. The van der Waals surface area contributed by atoms with Crippen molar-refractivity contribution >= 4 is 34.5 Å². The Morgan fingerprint density at radius 3 is 2.72 bits per heavy atom. The summed E-state index contributed by atoms with van der Waals surface area (Å²) in [6.45, 7) is 0. The topological polar surface area (TPSA) is 67.1 Å². The van der Waals surface area contributed by atoms with Gasteiger partial charge in [-0.15, -0.1) is 0 Å². The predicted molar refractivity (Wildman–Crippen MR) is 75.5 cm³/mol. The molecule has 0 aliphatic heterocycles. The number of nitrogen functional groups attached to an aromatic ring is 1. The molecular weight excluding hydrogens is 250 g/mol. The van der Waals surface area contributed by atoms with Crippen LogP contribution in [0.3, 0.4) is 0 Å². The quantitative estimate of drug-likeness (QED) is 0.833. The van der Waals surface area contributed by atoms with Crippen molar-refractivity contribution in [3.05, 3.63) is 35.7 Å². The minimum atomic E-state index is 0.161. The lowest BCUT2D eigenvalue weighted by molar-refractivity contribution is 1.13. The number of nitrogens with two attached hydrogens (primary N) is 1. The van der Waals surface area contributed by atoms with Crippen LogP contribution in [0.4, 0.5) is 22.9 Å². The molecule has 0 aliphatic carbocycles. The Morgan fingerprint density at radius 2 is 2.00 bits per heavy atom. The van der Waals surface area contributed by atoms with E-state index in [4.69, 9.17) is 17.3 Å². The van der Waals surface area contributed by atoms with E-state index in [2.05, 4.69) is 15.3 Å².